The van der Waals surface area contributed by atoms with Crippen LogP contribution in [0.2, 0.25) is 0 Å². The van der Waals surface area contributed by atoms with Crippen molar-refractivity contribution in [2.45, 2.75) is 12.8 Å². The Balaban J connectivity index is 2.45. The lowest BCUT2D eigenvalue weighted by Gasteiger charge is -2.02. The van der Waals surface area contributed by atoms with E-state index in [9.17, 15) is 0 Å². The molecular formula is C12H12ClNOS. The molecule has 0 amide bonds. The zero-order valence-electron chi connectivity index (χ0n) is 9.16. The van der Waals surface area contributed by atoms with Crippen molar-refractivity contribution in [2.75, 3.05) is 7.11 Å². The summed E-state index contributed by atoms with van der Waals surface area (Å²) in [6, 6.07) is 7.98. The fourth-order valence-corrected chi connectivity index (χ4v) is 2.68. The predicted molar refractivity (Wildman–Crippen MR) is 68.4 cm³/mol. The first kappa shape index (κ1) is 11.4. The van der Waals surface area contributed by atoms with Crippen LogP contribution in [0.4, 0.5) is 0 Å². The van der Waals surface area contributed by atoms with Crippen LogP contribution < -0.4 is 4.74 Å². The number of hydrogen-bond donors (Lipinski definition) is 0. The van der Waals surface area contributed by atoms with E-state index < -0.39 is 0 Å². The summed E-state index contributed by atoms with van der Waals surface area (Å²) in [7, 11) is 1.67. The van der Waals surface area contributed by atoms with Gasteiger partial charge >= 0.3 is 0 Å². The highest BCUT2D eigenvalue weighted by molar-refractivity contribution is 7.15. The van der Waals surface area contributed by atoms with E-state index in [1.165, 1.54) is 0 Å². The Hall–Kier alpha value is -1.06. The van der Waals surface area contributed by atoms with Gasteiger partial charge in [0.05, 0.1) is 23.6 Å². The van der Waals surface area contributed by atoms with Crippen molar-refractivity contribution in [1.82, 2.24) is 4.98 Å². The van der Waals surface area contributed by atoms with E-state index in [1.807, 2.05) is 25.1 Å². The Morgan fingerprint density at radius 2 is 2.25 bits per heavy atom. The number of alkyl halides is 1. The molecule has 1 aromatic carbocycles. The summed E-state index contributed by atoms with van der Waals surface area (Å²) in [5.41, 5.74) is 2.15. The van der Waals surface area contributed by atoms with Gasteiger partial charge in [-0.3, -0.25) is 0 Å². The molecule has 0 radical (unpaired) electrons. The summed E-state index contributed by atoms with van der Waals surface area (Å²) in [5.74, 6) is 1.33. The lowest BCUT2D eigenvalue weighted by Crippen LogP contribution is -1.83. The second-order valence-electron chi connectivity index (χ2n) is 3.39. The number of aryl methyl sites for hydroxylation is 1. The van der Waals surface area contributed by atoms with Crippen LogP contribution in [0.25, 0.3) is 10.4 Å². The van der Waals surface area contributed by atoms with Crippen LogP contribution in [0, 0.1) is 6.92 Å². The summed E-state index contributed by atoms with van der Waals surface area (Å²) in [6.07, 6.45) is 0. The lowest BCUT2D eigenvalue weighted by molar-refractivity contribution is 0.415. The maximum atomic E-state index is 5.78. The third-order valence-electron chi connectivity index (χ3n) is 2.29. The van der Waals surface area contributed by atoms with E-state index in [0.29, 0.717) is 5.88 Å². The normalized spacial score (nSPS) is 10.4. The molecule has 0 aliphatic carbocycles. The fourth-order valence-electron chi connectivity index (χ4n) is 1.54. The molecule has 0 bridgehead atoms. The highest BCUT2D eigenvalue weighted by atomic mass is 35.5. The zero-order chi connectivity index (χ0) is 11.5. The van der Waals surface area contributed by atoms with Crippen LogP contribution in [-0.2, 0) is 5.88 Å². The van der Waals surface area contributed by atoms with Gasteiger partial charge in [-0.25, -0.2) is 4.98 Å². The van der Waals surface area contributed by atoms with Gasteiger partial charge in [-0.05, 0) is 24.6 Å². The Kier molecular flexibility index (Phi) is 3.46. The number of benzene rings is 1. The summed E-state index contributed by atoms with van der Waals surface area (Å²) < 4.78 is 5.21. The molecule has 0 spiro atoms. The second kappa shape index (κ2) is 4.85. The molecule has 0 saturated carbocycles. The van der Waals surface area contributed by atoms with E-state index in [2.05, 4.69) is 11.1 Å². The summed E-state index contributed by atoms with van der Waals surface area (Å²) in [5, 5.41) is 0.956. The van der Waals surface area contributed by atoms with E-state index in [0.717, 1.165) is 26.9 Å². The molecule has 2 aromatic rings. The van der Waals surface area contributed by atoms with E-state index in [-0.39, 0.29) is 0 Å². The van der Waals surface area contributed by atoms with Crippen molar-refractivity contribution < 1.29 is 4.74 Å². The molecule has 2 nitrogen and oxygen atoms in total. The molecule has 0 fully saturated rings. The highest BCUT2D eigenvalue weighted by Crippen LogP contribution is 2.32. The van der Waals surface area contributed by atoms with Crippen molar-refractivity contribution in [3.63, 3.8) is 0 Å². The van der Waals surface area contributed by atoms with Crippen molar-refractivity contribution in [3.8, 4) is 16.2 Å². The summed E-state index contributed by atoms with van der Waals surface area (Å²) >= 11 is 7.41. The first-order chi connectivity index (χ1) is 7.74. The maximum Gasteiger partial charge on any atom is 0.119 e. The molecule has 0 aliphatic rings. The average molecular weight is 254 g/mol. The molecule has 0 N–H and O–H groups in total. The number of thiazole rings is 1. The first-order valence-electron chi connectivity index (χ1n) is 4.91. The Labute approximate surface area is 104 Å². The standard InChI is InChI=1S/C12H12ClNOS/c1-8-12(16-11(7-13)14-8)9-4-3-5-10(6-9)15-2/h3-6H,7H2,1-2H3. The quantitative estimate of drug-likeness (QED) is 0.775. The zero-order valence-corrected chi connectivity index (χ0v) is 10.7. The minimum Gasteiger partial charge on any atom is -0.497 e. The lowest BCUT2D eigenvalue weighted by atomic mass is 10.1. The topological polar surface area (TPSA) is 22.1 Å². The number of nitrogens with zero attached hydrogens (tertiary/aromatic N) is 1. The van der Waals surface area contributed by atoms with E-state index in [4.69, 9.17) is 16.3 Å². The molecule has 4 heteroatoms. The molecule has 1 heterocycles. The molecule has 0 unspecified atom stereocenters. The molecule has 16 heavy (non-hydrogen) atoms. The number of ether oxygens (including phenoxy) is 1. The Bertz CT molecular complexity index is 496. The van der Waals surface area contributed by atoms with Gasteiger partial charge in [-0.2, -0.15) is 0 Å². The van der Waals surface area contributed by atoms with E-state index >= 15 is 0 Å². The predicted octanol–water partition coefficient (Wildman–Crippen LogP) is 3.87. The average Bonchev–Trinajstić information content (AvgIpc) is 2.71. The number of aromatic nitrogens is 1. The van der Waals surface area contributed by atoms with E-state index in [1.54, 1.807) is 18.4 Å². The SMILES string of the molecule is COc1cccc(-c2sc(CCl)nc2C)c1. The maximum absolute atomic E-state index is 5.78. The first-order valence-corrected chi connectivity index (χ1v) is 6.26. The number of hydrogen-bond acceptors (Lipinski definition) is 3. The van der Waals surface area contributed by atoms with Crippen LogP contribution in [0.15, 0.2) is 24.3 Å². The van der Waals surface area contributed by atoms with Gasteiger partial charge < -0.3 is 4.74 Å². The molecule has 1 aromatic heterocycles. The van der Waals surface area contributed by atoms with Crippen molar-refractivity contribution in [2.24, 2.45) is 0 Å². The van der Waals surface area contributed by atoms with Crippen molar-refractivity contribution in [3.05, 3.63) is 35.0 Å². The van der Waals surface area contributed by atoms with Gasteiger partial charge in [0.15, 0.2) is 0 Å². The van der Waals surface area contributed by atoms with Gasteiger partial charge in [0, 0.05) is 0 Å². The van der Waals surface area contributed by atoms with Gasteiger partial charge in [0.25, 0.3) is 0 Å². The second-order valence-corrected chi connectivity index (χ2v) is 4.74. The molecule has 84 valence electrons. The van der Waals surface area contributed by atoms with Crippen LogP contribution in [0.5, 0.6) is 5.75 Å². The largest absolute Gasteiger partial charge is 0.497 e. The third kappa shape index (κ3) is 2.20. The fraction of sp³-hybridized carbons (Fsp3) is 0.250. The highest BCUT2D eigenvalue weighted by Gasteiger charge is 2.09. The van der Waals surface area contributed by atoms with Gasteiger partial charge in [-0.15, -0.1) is 22.9 Å². The molecule has 0 aliphatic heterocycles. The monoisotopic (exact) mass is 253 g/mol. The third-order valence-corrected chi connectivity index (χ3v) is 3.91. The number of methoxy groups -OCH3 is 1. The molecule has 2 rings (SSSR count). The molecule has 0 saturated heterocycles. The number of halogens is 1. The van der Waals surface area contributed by atoms with Gasteiger partial charge in [0.2, 0.25) is 0 Å². The van der Waals surface area contributed by atoms with Crippen molar-refractivity contribution in [1.29, 1.82) is 0 Å². The minimum atomic E-state index is 0.468. The van der Waals surface area contributed by atoms with Gasteiger partial charge in [0.1, 0.15) is 10.8 Å². The Morgan fingerprint density at radius 1 is 1.44 bits per heavy atom. The van der Waals surface area contributed by atoms with Crippen LogP contribution in [-0.4, -0.2) is 12.1 Å². The number of rotatable bonds is 3. The Morgan fingerprint density at radius 3 is 2.88 bits per heavy atom. The van der Waals surface area contributed by atoms with Crippen LogP contribution in [0.3, 0.4) is 0 Å². The molecular weight excluding hydrogens is 242 g/mol. The summed E-state index contributed by atoms with van der Waals surface area (Å²) in [4.78, 5) is 5.57. The van der Waals surface area contributed by atoms with Crippen LogP contribution >= 0.6 is 22.9 Å². The molecule has 0 atom stereocenters. The smallest absolute Gasteiger partial charge is 0.119 e. The van der Waals surface area contributed by atoms with Crippen molar-refractivity contribution >= 4 is 22.9 Å². The van der Waals surface area contributed by atoms with Gasteiger partial charge in [-0.1, -0.05) is 12.1 Å². The minimum absolute atomic E-state index is 0.468. The van der Waals surface area contributed by atoms with Crippen LogP contribution in [0.1, 0.15) is 10.7 Å². The summed E-state index contributed by atoms with van der Waals surface area (Å²) in [6.45, 7) is 2.00.